The first-order chi connectivity index (χ1) is 7.19. The van der Waals surface area contributed by atoms with Gasteiger partial charge in [-0.15, -0.1) is 0 Å². The quantitative estimate of drug-likeness (QED) is 0.751. The molecule has 0 aliphatic rings. The number of likely N-dealkylation sites (N-methyl/N-ethyl adjacent to an activating group) is 1. The molecule has 1 atom stereocenters. The van der Waals surface area contributed by atoms with E-state index < -0.39 is 0 Å². The molecule has 15 heavy (non-hydrogen) atoms. The van der Waals surface area contributed by atoms with Gasteiger partial charge in [-0.2, -0.15) is 5.10 Å². The summed E-state index contributed by atoms with van der Waals surface area (Å²) in [4.78, 5) is 4.26. The van der Waals surface area contributed by atoms with Crippen molar-refractivity contribution in [1.82, 2.24) is 20.1 Å². The zero-order valence-electron chi connectivity index (χ0n) is 9.90. The Morgan fingerprint density at radius 2 is 2.27 bits per heavy atom. The zero-order valence-corrected chi connectivity index (χ0v) is 9.90. The summed E-state index contributed by atoms with van der Waals surface area (Å²) >= 11 is 0. The minimum atomic E-state index is 0.289. The number of methoxy groups -OCH3 is 1. The highest BCUT2D eigenvalue weighted by Gasteiger charge is 2.13. The highest BCUT2D eigenvalue weighted by molar-refractivity contribution is 4.91. The van der Waals surface area contributed by atoms with Crippen molar-refractivity contribution in [1.29, 1.82) is 0 Å². The number of rotatable bonds is 6. The zero-order chi connectivity index (χ0) is 11.3. The lowest BCUT2D eigenvalue weighted by atomic mass is 10.2. The fourth-order valence-electron chi connectivity index (χ4n) is 1.52. The summed E-state index contributed by atoms with van der Waals surface area (Å²) in [6.07, 6.45) is 2.44. The largest absolute Gasteiger partial charge is 0.383 e. The van der Waals surface area contributed by atoms with E-state index in [0.29, 0.717) is 12.6 Å². The van der Waals surface area contributed by atoms with E-state index in [2.05, 4.69) is 29.2 Å². The molecule has 0 fully saturated rings. The summed E-state index contributed by atoms with van der Waals surface area (Å²) in [5.41, 5.74) is 0. The first-order valence-electron chi connectivity index (χ1n) is 5.23. The van der Waals surface area contributed by atoms with Gasteiger partial charge in [0.2, 0.25) is 0 Å². The highest BCUT2D eigenvalue weighted by atomic mass is 16.5. The van der Waals surface area contributed by atoms with Gasteiger partial charge in [0.1, 0.15) is 12.2 Å². The first-order valence-corrected chi connectivity index (χ1v) is 5.23. The summed E-state index contributed by atoms with van der Waals surface area (Å²) < 4.78 is 7.07. The van der Waals surface area contributed by atoms with Crippen molar-refractivity contribution >= 4 is 0 Å². The van der Waals surface area contributed by atoms with Crippen LogP contribution in [-0.2, 0) is 11.2 Å². The molecular formula is C10H20N4O. The number of hydrogen-bond acceptors (Lipinski definition) is 4. The Morgan fingerprint density at radius 1 is 1.53 bits per heavy atom. The monoisotopic (exact) mass is 212 g/mol. The molecule has 0 saturated carbocycles. The average Bonchev–Trinajstić information content (AvgIpc) is 2.65. The molecule has 1 heterocycles. The van der Waals surface area contributed by atoms with Crippen LogP contribution >= 0.6 is 0 Å². The maximum atomic E-state index is 5.12. The van der Waals surface area contributed by atoms with E-state index in [1.807, 2.05) is 11.7 Å². The van der Waals surface area contributed by atoms with Gasteiger partial charge >= 0.3 is 0 Å². The van der Waals surface area contributed by atoms with Gasteiger partial charge in [-0.05, 0) is 20.9 Å². The molecule has 1 aromatic rings. The van der Waals surface area contributed by atoms with Crippen LogP contribution in [0.25, 0.3) is 0 Å². The molecule has 1 N–H and O–H groups in total. The third kappa shape index (κ3) is 3.28. The molecule has 0 saturated heterocycles. The molecule has 1 rings (SSSR count). The second-order valence-corrected chi connectivity index (χ2v) is 3.86. The smallest absolute Gasteiger partial charge is 0.138 e. The summed E-state index contributed by atoms with van der Waals surface area (Å²) in [7, 11) is 3.64. The molecule has 0 radical (unpaired) electrons. The third-order valence-corrected chi connectivity index (χ3v) is 2.34. The number of hydrogen-bond donors (Lipinski definition) is 1. The van der Waals surface area contributed by atoms with Crippen LogP contribution in [0.3, 0.4) is 0 Å². The van der Waals surface area contributed by atoms with Crippen molar-refractivity contribution < 1.29 is 4.74 Å². The maximum Gasteiger partial charge on any atom is 0.138 e. The Bertz CT molecular complexity index is 285. The van der Waals surface area contributed by atoms with Gasteiger partial charge in [-0.1, -0.05) is 0 Å². The SMILES string of the molecule is CNC(COC)Cc1ncnn1C(C)C. The van der Waals surface area contributed by atoms with E-state index in [1.165, 1.54) is 0 Å². The molecule has 5 nitrogen and oxygen atoms in total. The number of ether oxygens (including phenoxy) is 1. The Kier molecular flexibility index (Phi) is 4.71. The van der Waals surface area contributed by atoms with E-state index in [4.69, 9.17) is 4.74 Å². The number of nitrogens with one attached hydrogen (secondary N) is 1. The second kappa shape index (κ2) is 5.82. The van der Waals surface area contributed by atoms with Crippen LogP contribution in [0.4, 0.5) is 0 Å². The first kappa shape index (κ1) is 12.1. The van der Waals surface area contributed by atoms with Crippen LogP contribution in [0, 0.1) is 0 Å². The van der Waals surface area contributed by atoms with E-state index in [1.54, 1.807) is 13.4 Å². The molecule has 5 heteroatoms. The van der Waals surface area contributed by atoms with Crippen LogP contribution in [-0.4, -0.2) is 41.6 Å². The average molecular weight is 212 g/mol. The van der Waals surface area contributed by atoms with E-state index >= 15 is 0 Å². The Balaban J connectivity index is 2.65. The third-order valence-electron chi connectivity index (χ3n) is 2.34. The Labute approximate surface area is 90.8 Å². The lowest BCUT2D eigenvalue weighted by molar-refractivity contribution is 0.168. The van der Waals surface area contributed by atoms with Crippen LogP contribution in [0.2, 0.25) is 0 Å². The molecule has 0 amide bonds. The standard InChI is InChI=1S/C10H20N4O/c1-8(2)14-10(12-7-13-14)5-9(11-3)6-15-4/h7-9,11H,5-6H2,1-4H3. The molecule has 0 bridgehead atoms. The van der Waals surface area contributed by atoms with Gasteiger partial charge in [0.25, 0.3) is 0 Å². The van der Waals surface area contributed by atoms with Crippen molar-refractivity contribution in [3.8, 4) is 0 Å². The van der Waals surface area contributed by atoms with Crippen LogP contribution in [0.1, 0.15) is 25.7 Å². The fraction of sp³-hybridized carbons (Fsp3) is 0.800. The topological polar surface area (TPSA) is 52.0 Å². The molecule has 1 unspecified atom stereocenters. The van der Waals surface area contributed by atoms with E-state index in [9.17, 15) is 0 Å². The predicted octanol–water partition coefficient (Wildman–Crippen LogP) is 0.636. The van der Waals surface area contributed by atoms with Gasteiger partial charge < -0.3 is 10.1 Å². The molecule has 0 spiro atoms. The maximum absolute atomic E-state index is 5.12. The van der Waals surface area contributed by atoms with E-state index in [0.717, 1.165) is 12.2 Å². The van der Waals surface area contributed by atoms with Crippen LogP contribution < -0.4 is 5.32 Å². The second-order valence-electron chi connectivity index (χ2n) is 3.86. The van der Waals surface area contributed by atoms with Gasteiger partial charge in [0.05, 0.1) is 6.61 Å². The summed E-state index contributed by atoms with van der Waals surface area (Å²) in [5.74, 6) is 1.00. The number of aromatic nitrogens is 3. The van der Waals surface area contributed by atoms with Gasteiger partial charge in [-0.25, -0.2) is 9.67 Å². The van der Waals surface area contributed by atoms with E-state index in [-0.39, 0.29) is 6.04 Å². The van der Waals surface area contributed by atoms with Crippen molar-refractivity contribution in [2.45, 2.75) is 32.4 Å². The van der Waals surface area contributed by atoms with Crippen LogP contribution in [0.15, 0.2) is 6.33 Å². The molecule has 0 aliphatic carbocycles. The predicted molar refractivity (Wildman–Crippen MR) is 58.8 cm³/mol. The molecule has 0 aliphatic heterocycles. The minimum absolute atomic E-state index is 0.289. The Morgan fingerprint density at radius 3 is 2.80 bits per heavy atom. The molecule has 0 aromatic carbocycles. The number of nitrogens with zero attached hydrogens (tertiary/aromatic N) is 3. The highest BCUT2D eigenvalue weighted by Crippen LogP contribution is 2.07. The van der Waals surface area contributed by atoms with Crippen molar-refractivity contribution in [3.05, 3.63) is 12.2 Å². The van der Waals surface area contributed by atoms with Crippen LogP contribution in [0.5, 0.6) is 0 Å². The summed E-state index contributed by atoms with van der Waals surface area (Å²) in [6.45, 7) is 4.88. The summed E-state index contributed by atoms with van der Waals surface area (Å²) in [6, 6.07) is 0.638. The lowest BCUT2D eigenvalue weighted by Crippen LogP contribution is -2.33. The van der Waals surface area contributed by atoms with Gasteiger partial charge in [-0.3, -0.25) is 0 Å². The fourth-order valence-corrected chi connectivity index (χ4v) is 1.52. The van der Waals surface area contributed by atoms with Crippen molar-refractivity contribution in [2.75, 3.05) is 20.8 Å². The lowest BCUT2D eigenvalue weighted by Gasteiger charge is -2.16. The van der Waals surface area contributed by atoms with Crippen molar-refractivity contribution in [2.24, 2.45) is 0 Å². The normalized spacial score (nSPS) is 13.4. The Hall–Kier alpha value is -0.940. The van der Waals surface area contributed by atoms with Gasteiger partial charge in [0, 0.05) is 25.6 Å². The molecular weight excluding hydrogens is 192 g/mol. The summed E-state index contributed by atoms with van der Waals surface area (Å²) in [5, 5.41) is 7.40. The minimum Gasteiger partial charge on any atom is -0.383 e. The van der Waals surface area contributed by atoms with Crippen molar-refractivity contribution in [3.63, 3.8) is 0 Å². The molecule has 86 valence electrons. The molecule has 1 aromatic heterocycles. The van der Waals surface area contributed by atoms with Gasteiger partial charge in [0.15, 0.2) is 0 Å².